The molecule has 2 aliphatic rings. The van der Waals surface area contributed by atoms with E-state index in [1.807, 2.05) is 23.1 Å². The Morgan fingerprint density at radius 2 is 2.29 bits per heavy atom. The molecule has 0 spiro atoms. The van der Waals surface area contributed by atoms with Crippen LogP contribution in [0.5, 0.6) is 5.75 Å². The van der Waals surface area contributed by atoms with E-state index in [0.717, 1.165) is 37.2 Å². The van der Waals surface area contributed by atoms with Gasteiger partial charge in [0.1, 0.15) is 5.75 Å². The molecule has 1 fully saturated rings. The van der Waals surface area contributed by atoms with Crippen molar-refractivity contribution in [2.24, 2.45) is 16.6 Å². The molecular formula is C18H26N4O2. The Bertz CT molecular complexity index is 617. The average Bonchev–Trinajstić information content (AvgIpc) is 2.94. The van der Waals surface area contributed by atoms with Crippen LogP contribution in [0.2, 0.25) is 0 Å². The second-order valence-corrected chi connectivity index (χ2v) is 6.51. The first-order chi connectivity index (χ1) is 11.7. The number of fused-ring (bicyclic) bond motifs is 1. The van der Waals surface area contributed by atoms with Gasteiger partial charge in [-0.1, -0.05) is 25.1 Å². The lowest BCUT2D eigenvalue weighted by molar-refractivity contribution is -0.127. The molecule has 1 aromatic rings. The number of nitrogens with one attached hydrogen (secondary N) is 1. The predicted molar refractivity (Wildman–Crippen MR) is 93.9 cm³/mol. The van der Waals surface area contributed by atoms with E-state index in [1.54, 1.807) is 0 Å². The van der Waals surface area contributed by atoms with E-state index in [1.165, 1.54) is 0 Å². The van der Waals surface area contributed by atoms with E-state index in [9.17, 15) is 4.79 Å². The fraction of sp³-hybridized carbons (Fsp3) is 0.556. The number of para-hydroxylation sites is 1. The van der Waals surface area contributed by atoms with E-state index >= 15 is 0 Å². The molecule has 1 amide bonds. The molecule has 1 aromatic carbocycles. The van der Waals surface area contributed by atoms with Crippen molar-refractivity contribution in [3.63, 3.8) is 0 Å². The van der Waals surface area contributed by atoms with Gasteiger partial charge >= 0.3 is 0 Å². The monoisotopic (exact) mass is 330 g/mol. The molecule has 0 aromatic heterocycles. The highest BCUT2D eigenvalue weighted by atomic mass is 16.5. The Hall–Kier alpha value is -2.24. The first-order valence-electron chi connectivity index (χ1n) is 8.73. The summed E-state index contributed by atoms with van der Waals surface area (Å²) < 4.78 is 5.66. The zero-order valence-corrected chi connectivity index (χ0v) is 14.2. The standard InChI is InChI=1S/C18H26N4O2/c1-2-8-22-12-13(10-17(22)23)11-20-18(19)21-15-7-9-24-16-6-4-3-5-14(15)16/h3-6,13,15H,2,7-12H2,1H3,(H3,19,20,21). The highest BCUT2D eigenvalue weighted by Gasteiger charge is 2.28. The van der Waals surface area contributed by atoms with Gasteiger partial charge in [-0.05, 0) is 12.5 Å². The van der Waals surface area contributed by atoms with E-state index in [4.69, 9.17) is 10.5 Å². The number of carbonyl (C=O) groups excluding carboxylic acids is 1. The maximum atomic E-state index is 11.9. The summed E-state index contributed by atoms with van der Waals surface area (Å²) in [6, 6.07) is 8.13. The molecule has 130 valence electrons. The molecule has 2 aliphatic heterocycles. The van der Waals surface area contributed by atoms with Crippen LogP contribution in [0, 0.1) is 5.92 Å². The third-order valence-electron chi connectivity index (χ3n) is 4.59. The molecule has 0 radical (unpaired) electrons. The number of guanidine groups is 1. The fourth-order valence-electron chi connectivity index (χ4n) is 3.41. The third-order valence-corrected chi connectivity index (χ3v) is 4.59. The topological polar surface area (TPSA) is 79.9 Å². The molecule has 0 bridgehead atoms. The van der Waals surface area contributed by atoms with Gasteiger partial charge in [0.05, 0.1) is 12.6 Å². The largest absolute Gasteiger partial charge is 0.493 e. The smallest absolute Gasteiger partial charge is 0.222 e. The minimum atomic E-state index is 0.125. The number of rotatable bonds is 5. The van der Waals surface area contributed by atoms with Crippen molar-refractivity contribution in [3.05, 3.63) is 29.8 Å². The highest BCUT2D eigenvalue weighted by Crippen LogP contribution is 2.31. The van der Waals surface area contributed by atoms with Crippen molar-refractivity contribution in [1.82, 2.24) is 10.2 Å². The van der Waals surface area contributed by atoms with Crippen molar-refractivity contribution in [3.8, 4) is 5.75 Å². The van der Waals surface area contributed by atoms with Crippen LogP contribution in [0.1, 0.15) is 37.8 Å². The summed E-state index contributed by atoms with van der Waals surface area (Å²) in [7, 11) is 0. The van der Waals surface area contributed by atoms with Crippen molar-refractivity contribution < 1.29 is 9.53 Å². The van der Waals surface area contributed by atoms with Gasteiger partial charge in [-0.3, -0.25) is 9.79 Å². The van der Waals surface area contributed by atoms with Crippen molar-refractivity contribution in [2.45, 2.75) is 32.2 Å². The third kappa shape index (κ3) is 3.80. The Balaban J connectivity index is 1.55. The maximum Gasteiger partial charge on any atom is 0.222 e. The van der Waals surface area contributed by atoms with Gasteiger partial charge in [-0.15, -0.1) is 0 Å². The summed E-state index contributed by atoms with van der Waals surface area (Å²) in [4.78, 5) is 18.3. The number of hydrogen-bond acceptors (Lipinski definition) is 3. The minimum Gasteiger partial charge on any atom is -0.493 e. The van der Waals surface area contributed by atoms with E-state index in [2.05, 4.69) is 23.3 Å². The lowest BCUT2D eigenvalue weighted by Crippen LogP contribution is -2.37. The number of likely N-dealkylation sites (tertiary alicyclic amines) is 1. The minimum absolute atomic E-state index is 0.125. The molecule has 0 aliphatic carbocycles. The highest BCUT2D eigenvalue weighted by molar-refractivity contribution is 5.80. The molecule has 6 nitrogen and oxygen atoms in total. The van der Waals surface area contributed by atoms with Gasteiger partial charge in [-0.2, -0.15) is 0 Å². The zero-order chi connectivity index (χ0) is 16.9. The van der Waals surface area contributed by atoms with Crippen LogP contribution in [0.25, 0.3) is 0 Å². The molecule has 3 rings (SSSR count). The van der Waals surface area contributed by atoms with Gasteiger partial charge in [0, 0.05) is 44.0 Å². The van der Waals surface area contributed by atoms with E-state index in [-0.39, 0.29) is 17.9 Å². The molecule has 2 heterocycles. The van der Waals surface area contributed by atoms with Crippen molar-refractivity contribution in [1.29, 1.82) is 0 Å². The summed E-state index contributed by atoms with van der Waals surface area (Å²) in [6.07, 6.45) is 2.44. The van der Waals surface area contributed by atoms with Gasteiger partial charge in [0.25, 0.3) is 0 Å². The van der Waals surface area contributed by atoms with Gasteiger partial charge in [0.15, 0.2) is 5.96 Å². The Labute approximate surface area is 143 Å². The lowest BCUT2D eigenvalue weighted by atomic mass is 10.0. The van der Waals surface area contributed by atoms with Crippen LogP contribution in [0.15, 0.2) is 29.3 Å². The van der Waals surface area contributed by atoms with E-state index < -0.39 is 0 Å². The fourth-order valence-corrected chi connectivity index (χ4v) is 3.41. The molecule has 0 saturated carbocycles. The van der Waals surface area contributed by atoms with Gasteiger partial charge in [0.2, 0.25) is 5.91 Å². The predicted octanol–water partition coefficient (Wildman–Crippen LogP) is 1.67. The Kier molecular flexibility index (Phi) is 5.23. The quantitative estimate of drug-likeness (QED) is 0.636. The van der Waals surface area contributed by atoms with Crippen LogP contribution in [-0.2, 0) is 4.79 Å². The summed E-state index contributed by atoms with van der Waals surface area (Å²) in [5.74, 6) is 1.86. The number of aliphatic imine (C=N–C) groups is 1. The average molecular weight is 330 g/mol. The molecule has 1 saturated heterocycles. The van der Waals surface area contributed by atoms with E-state index in [0.29, 0.717) is 25.5 Å². The summed E-state index contributed by atoms with van der Waals surface area (Å²) in [6.45, 7) is 4.99. The number of nitrogens with zero attached hydrogens (tertiary/aromatic N) is 2. The molecule has 24 heavy (non-hydrogen) atoms. The molecule has 2 unspecified atom stereocenters. The lowest BCUT2D eigenvalue weighted by Gasteiger charge is -2.27. The summed E-state index contributed by atoms with van der Waals surface area (Å²) in [5.41, 5.74) is 7.18. The summed E-state index contributed by atoms with van der Waals surface area (Å²) in [5, 5.41) is 3.30. The first kappa shape index (κ1) is 16.6. The maximum absolute atomic E-state index is 11.9. The van der Waals surface area contributed by atoms with Gasteiger partial charge < -0.3 is 20.7 Å². The van der Waals surface area contributed by atoms with Crippen molar-refractivity contribution in [2.75, 3.05) is 26.2 Å². The van der Waals surface area contributed by atoms with Crippen LogP contribution in [0.3, 0.4) is 0 Å². The first-order valence-corrected chi connectivity index (χ1v) is 8.73. The number of benzene rings is 1. The summed E-state index contributed by atoms with van der Waals surface area (Å²) >= 11 is 0. The second-order valence-electron chi connectivity index (χ2n) is 6.51. The normalized spacial score (nSPS) is 23.8. The zero-order valence-electron chi connectivity index (χ0n) is 14.2. The SMILES string of the molecule is CCCN1CC(CN=C(N)NC2CCOc3ccccc32)CC1=O. The van der Waals surface area contributed by atoms with Gasteiger partial charge in [-0.25, -0.2) is 0 Å². The van der Waals surface area contributed by atoms with Crippen LogP contribution < -0.4 is 15.8 Å². The van der Waals surface area contributed by atoms with Crippen LogP contribution in [-0.4, -0.2) is 43.0 Å². The molecule has 2 atom stereocenters. The number of nitrogens with two attached hydrogens (primary N) is 1. The Morgan fingerprint density at radius 3 is 3.12 bits per heavy atom. The number of hydrogen-bond donors (Lipinski definition) is 2. The molecular weight excluding hydrogens is 304 g/mol. The van der Waals surface area contributed by atoms with Crippen LogP contribution >= 0.6 is 0 Å². The van der Waals surface area contributed by atoms with Crippen LogP contribution in [0.4, 0.5) is 0 Å². The molecule has 3 N–H and O–H groups in total. The Morgan fingerprint density at radius 1 is 1.46 bits per heavy atom. The second kappa shape index (κ2) is 7.55. The number of carbonyl (C=O) groups is 1. The molecule has 6 heteroatoms. The number of amides is 1. The van der Waals surface area contributed by atoms with Crippen molar-refractivity contribution >= 4 is 11.9 Å². The number of ether oxygens (including phenoxy) is 1.